The minimum Gasteiger partial charge on any atom is -0.493 e. The van der Waals surface area contributed by atoms with Crippen molar-refractivity contribution >= 4 is 18.0 Å². The standard InChI is InChI=1S/C18H21NO6/c1-23-14-9-12(10-15-17(14)25-8-7-24-15)4-5-16(20)19-6-2-3-13(11-19)18(21)22/h4-5,9-10,13H,2-3,6-8,11H2,1H3,(H,21,22)/b5-4+. The zero-order valence-electron chi connectivity index (χ0n) is 14.1. The van der Waals surface area contributed by atoms with Crippen molar-refractivity contribution in [3.05, 3.63) is 23.8 Å². The van der Waals surface area contributed by atoms with Crippen LogP contribution < -0.4 is 14.2 Å². The fourth-order valence-corrected chi connectivity index (χ4v) is 3.04. The third-order valence-electron chi connectivity index (χ3n) is 4.35. The van der Waals surface area contributed by atoms with Crippen LogP contribution in [0.2, 0.25) is 0 Å². The van der Waals surface area contributed by atoms with Crippen LogP contribution in [0.15, 0.2) is 18.2 Å². The summed E-state index contributed by atoms with van der Waals surface area (Å²) in [5.74, 6) is 0.172. The summed E-state index contributed by atoms with van der Waals surface area (Å²) in [5, 5.41) is 9.12. The van der Waals surface area contributed by atoms with E-state index in [-0.39, 0.29) is 12.5 Å². The van der Waals surface area contributed by atoms with E-state index in [0.717, 1.165) is 5.56 Å². The maximum absolute atomic E-state index is 12.3. The third kappa shape index (κ3) is 3.87. The molecule has 25 heavy (non-hydrogen) atoms. The number of fused-ring (bicyclic) bond motifs is 1. The van der Waals surface area contributed by atoms with Crippen molar-refractivity contribution in [1.82, 2.24) is 4.90 Å². The molecule has 1 amide bonds. The van der Waals surface area contributed by atoms with Crippen molar-refractivity contribution < 1.29 is 28.9 Å². The van der Waals surface area contributed by atoms with E-state index in [1.807, 2.05) is 0 Å². The second kappa shape index (κ2) is 7.46. The van der Waals surface area contributed by atoms with Gasteiger partial charge >= 0.3 is 5.97 Å². The van der Waals surface area contributed by atoms with E-state index in [1.54, 1.807) is 30.2 Å². The van der Waals surface area contributed by atoms with Gasteiger partial charge in [0.25, 0.3) is 0 Å². The van der Waals surface area contributed by atoms with Gasteiger partial charge < -0.3 is 24.2 Å². The Hall–Kier alpha value is -2.70. The van der Waals surface area contributed by atoms with Crippen LogP contribution in [0.3, 0.4) is 0 Å². The highest BCUT2D eigenvalue weighted by Gasteiger charge is 2.27. The Morgan fingerprint density at radius 1 is 1.32 bits per heavy atom. The highest BCUT2D eigenvalue weighted by molar-refractivity contribution is 5.92. The van der Waals surface area contributed by atoms with Crippen LogP contribution in [0.25, 0.3) is 6.08 Å². The van der Waals surface area contributed by atoms with E-state index in [2.05, 4.69) is 0 Å². The van der Waals surface area contributed by atoms with Crippen molar-refractivity contribution in [2.75, 3.05) is 33.4 Å². The van der Waals surface area contributed by atoms with Gasteiger partial charge in [0.15, 0.2) is 11.5 Å². The minimum absolute atomic E-state index is 0.195. The molecule has 1 saturated heterocycles. The number of likely N-dealkylation sites (tertiary alicyclic amines) is 1. The van der Waals surface area contributed by atoms with Crippen molar-refractivity contribution in [2.24, 2.45) is 5.92 Å². The predicted octanol–water partition coefficient (Wildman–Crippen LogP) is 1.80. The molecule has 0 spiro atoms. The molecule has 134 valence electrons. The van der Waals surface area contributed by atoms with Crippen molar-refractivity contribution in [3.63, 3.8) is 0 Å². The molecule has 1 fully saturated rings. The number of carbonyl (C=O) groups excluding carboxylic acids is 1. The maximum atomic E-state index is 12.3. The van der Waals surface area contributed by atoms with Gasteiger partial charge in [-0.15, -0.1) is 0 Å². The number of nitrogens with zero attached hydrogens (tertiary/aromatic N) is 1. The van der Waals surface area contributed by atoms with Crippen molar-refractivity contribution in [1.29, 1.82) is 0 Å². The first-order chi connectivity index (χ1) is 12.1. The molecule has 2 heterocycles. The van der Waals surface area contributed by atoms with E-state index in [1.165, 1.54) is 6.08 Å². The molecule has 0 bridgehead atoms. The van der Waals surface area contributed by atoms with Gasteiger partial charge in [0.2, 0.25) is 11.7 Å². The second-order valence-electron chi connectivity index (χ2n) is 6.04. The number of piperidine rings is 1. The average molecular weight is 347 g/mol. The summed E-state index contributed by atoms with van der Waals surface area (Å²) in [5.41, 5.74) is 0.751. The molecule has 0 aromatic heterocycles. The Kier molecular flexibility index (Phi) is 5.11. The molecule has 2 aliphatic heterocycles. The van der Waals surface area contributed by atoms with Gasteiger partial charge in [-0.05, 0) is 36.6 Å². The summed E-state index contributed by atoms with van der Waals surface area (Å²) < 4.78 is 16.4. The van der Waals surface area contributed by atoms with E-state index in [0.29, 0.717) is 49.8 Å². The summed E-state index contributed by atoms with van der Waals surface area (Å²) in [6.07, 6.45) is 4.44. The summed E-state index contributed by atoms with van der Waals surface area (Å²) in [6.45, 7) is 1.77. The van der Waals surface area contributed by atoms with Gasteiger partial charge in [-0.1, -0.05) is 0 Å². The van der Waals surface area contributed by atoms with Gasteiger partial charge in [-0.3, -0.25) is 9.59 Å². The van der Waals surface area contributed by atoms with Crippen LogP contribution in [-0.4, -0.2) is 55.3 Å². The molecule has 1 atom stereocenters. The number of hydrogen-bond donors (Lipinski definition) is 1. The van der Waals surface area contributed by atoms with Crippen LogP contribution in [0.1, 0.15) is 18.4 Å². The Morgan fingerprint density at radius 2 is 2.12 bits per heavy atom. The summed E-state index contributed by atoms with van der Waals surface area (Å²) in [7, 11) is 1.55. The Morgan fingerprint density at radius 3 is 2.88 bits per heavy atom. The number of ether oxygens (including phenoxy) is 3. The zero-order valence-corrected chi connectivity index (χ0v) is 14.1. The summed E-state index contributed by atoms with van der Waals surface area (Å²) in [4.78, 5) is 25.0. The highest BCUT2D eigenvalue weighted by atomic mass is 16.6. The molecule has 1 N–H and O–H groups in total. The molecule has 1 unspecified atom stereocenters. The number of aliphatic carboxylic acids is 1. The topological polar surface area (TPSA) is 85.3 Å². The monoisotopic (exact) mass is 347 g/mol. The average Bonchev–Trinajstić information content (AvgIpc) is 2.65. The second-order valence-corrected chi connectivity index (χ2v) is 6.04. The summed E-state index contributed by atoms with van der Waals surface area (Å²) in [6, 6.07) is 3.56. The lowest BCUT2D eigenvalue weighted by molar-refractivity contribution is -0.144. The van der Waals surface area contributed by atoms with E-state index >= 15 is 0 Å². The molecule has 3 rings (SSSR count). The first kappa shape index (κ1) is 17.1. The van der Waals surface area contributed by atoms with Gasteiger partial charge in [-0.25, -0.2) is 0 Å². The lowest BCUT2D eigenvalue weighted by atomic mass is 9.98. The predicted molar refractivity (Wildman–Crippen MR) is 90.0 cm³/mol. The van der Waals surface area contributed by atoms with Crippen LogP contribution in [-0.2, 0) is 9.59 Å². The van der Waals surface area contributed by atoms with Crippen LogP contribution in [0, 0.1) is 5.92 Å². The van der Waals surface area contributed by atoms with E-state index in [4.69, 9.17) is 19.3 Å². The quantitative estimate of drug-likeness (QED) is 0.836. The van der Waals surface area contributed by atoms with Crippen LogP contribution in [0.5, 0.6) is 17.2 Å². The Labute approximate surface area is 145 Å². The first-order valence-corrected chi connectivity index (χ1v) is 8.26. The fourth-order valence-electron chi connectivity index (χ4n) is 3.04. The Balaban J connectivity index is 1.73. The summed E-state index contributed by atoms with van der Waals surface area (Å²) >= 11 is 0. The van der Waals surface area contributed by atoms with Gasteiger partial charge in [0.1, 0.15) is 13.2 Å². The number of methoxy groups -OCH3 is 1. The van der Waals surface area contributed by atoms with Gasteiger partial charge in [-0.2, -0.15) is 0 Å². The fraction of sp³-hybridized carbons (Fsp3) is 0.444. The molecule has 0 saturated carbocycles. The van der Waals surface area contributed by atoms with Crippen LogP contribution >= 0.6 is 0 Å². The molecule has 7 heteroatoms. The number of rotatable bonds is 4. The molecule has 0 radical (unpaired) electrons. The van der Waals surface area contributed by atoms with Crippen molar-refractivity contribution in [3.8, 4) is 17.2 Å². The lowest BCUT2D eigenvalue weighted by Crippen LogP contribution is -2.41. The maximum Gasteiger partial charge on any atom is 0.308 e. The number of amides is 1. The molecular formula is C18H21NO6. The molecule has 0 aliphatic carbocycles. The molecule has 1 aromatic carbocycles. The SMILES string of the molecule is COc1cc(/C=C/C(=O)N2CCCC(C(=O)O)C2)cc2c1OCCO2. The smallest absolute Gasteiger partial charge is 0.308 e. The molecular weight excluding hydrogens is 326 g/mol. The van der Waals surface area contributed by atoms with Gasteiger partial charge in [0.05, 0.1) is 13.0 Å². The van der Waals surface area contributed by atoms with Crippen LogP contribution in [0.4, 0.5) is 0 Å². The minimum atomic E-state index is -0.849. The van der Waals surface area contributed by atoms with E-state index < -0.39 is 11.9 Å². The number of benzene rings is 1. The number of hydrogen-bond acceptors (Lipinski definition) is 5. The van der Waals surface area contributed by atoms with Gasteiger partial charge in [0, 0.05) is 19.2 Å². The number of carboxylic acid groups (broad SMARTS) is 1. The van der Waals surface area contributed by atoms with E-state index in [9.17, 15) is 9.59 Å². The molecule has 1 aromatic rings. The lowest BCUT2D eigenvalue weighted by Gasteiger charge is -2.29. The Bertz CT molecular complexity index is 682. The number of carboxylic acids is 1. The molecule has 7 nitrogen and oxygen atoms in total. The number of carbonyl (C=O) groups is 2. The highest BCUT2D eigenvalue weighted by Crippen LogP contribution is 2.40. The van der Waals surface area contributed by atoms with Crippen molar-refractivity contribution in [2.45, 2.75) is 12.8 Å². The molecule has 2 aliphatic rings. The normalized spacial score (nSPS) is 19.7. The first-order valence-electron chi connectivity index (χ1n) is 8.26. The largest absolute Gasteiger partial charge is 0.493 e. The third-order valence-corrected chi connectivity index (χ3v) is 4.35. The zero-order chi connectivity index (χ0) is 17.8.